The molecule has 108 valence electrons. The number of carbonyl (C=O) groups is 1. The number of likely N-dealkylation sites (tertiary alicyclic amines) is 1. The molecule has 1 fully saturated rings. The molecule has 2 atom stereocenters. The molecule has 2 unspecified atom stereocenters. The maximum absolute atomic E-state index is 12.1. The lowest BCUT2D eigenvalue weighted by Gasteiger charge is -2.37. The number of likely N-dealkylation sites (N-methyl/N-ethyl adjacent to an activating group) is 1. The van der Waals surface area contributed by atoms with Gasteiger partial charge in [-0.15, -0.1) is 12.4 Å². The molecule has 0 bridgehead atoms. The third-order valence-electron chi connectivity index (χ3n) is 3.29. The van der Waals surface area contributed by atoms with Crippen LogP contribution in [-0.2, 0) is 4.79 Å². The molecule has 0 aromatic rings. The van der Waals surface area contributed by atoms with Gasteiger partial charge in [-0.2, -0.15) is 0 Å². The van der Waals surface area contributed by atoms with Crippen LogP contribution >= 0.6 is 12.4 Å². The number of hydrogen-bond donors (Lipinski definition) is 2. The van der Waals surface area contributed by atoms with Crippen molar-refractivity contribution in [2.24, 2.45) is 0 Å². The number of nitrogens with zero attached hydrogens (tertiary/aromatic N) is 1. The van der Waals surface area contributed by atoms with Crippen molar-refractivity contribution in [3.63, 3.8) is 0 Å². The van der Waals surface area contributed by atoms with Crippen molar-refractivity contribution in [3.05, 3.63) is 0 Å². The van der Waals surface area contributed by atoms with Gasteiger partial charge in [-0.3, -0.25) is 9.69 Å². The molecule has 5 heteroatoms. The first-order valence-corrected chi connectivity index (χ1v) is 6.57. The Labute approximate surface area is 117 Å². The van der Waals surface area contributed by atoms with Gasteiger partial charge in [-0.1, -0.05) is 0 Å². The minimum Gasteiger partial charge on any atom is -0.350 e. The van der Waals surface area contributed by atoms with Crippen LogP contribution in [0.3, 0.4) is 0 Å². The Morgan fingerprint density at radius 2 is 2.00 bits per heavy atom. The van der Waals surface area contributed by atoms with Crippen molar-refractivity contribution in [1.29, 1.82) is 0 Å². The highest BCUT2D eigenvalue weighted by Gasteiger charge is 2.28. The second-order valence-corrected chi connectivity index (χ2v) is 6.04. The fourth-order valence-electron chi connectivity index (χ4n) is 2.23. The van der Waals surface area contributed by atoms with Crippen LogP contribution in [0, 0.1) is 0 Å². The summed E-state index contributed by atoms with van der Waals surface area (Å²) in [6, 6.07) is 0.485. The fraction of sp³-hybridized carbons (Fsp3) is 0.923. The minimum atomic E-state index is -0.149. The van der Waals surface area contributed by atoms with Crippen molar-refractivity contribution in [3.8, 4) is 0 Å². The normalized spacial score (nSPS) is 23.1. The van der Waals surface area contributed by atoms with E-state index in [9.17, 15) is 4.79 Å². The monoisotopic (exact) mass is 277 g/mol. The molecule has 1 saturated heterocycles. The van der Waals surface area contributed by atoms with Gasteiger partial charge in [0.1, 0.15) is 0 Å². The van der Waals surface area contributed by atoms with Gasteiger partial charge >= 0.3 is 0 Å². The van der Waals surface area contributed by atoms with E-state index < -0.39 is 0 Å². The molecule has 0 spiro atoms. The average molecular weight is 278 g/mol. The molecule has 18 heavy (non-hydrogen) atoms. The van der Waals surface area contributed by atoms with Crippen molar-refractivity contribution in [2.45, 2.75) is 58.2 Å². The summed E-state index contributed by atoms with van der Waals surface area (Å²) in [6.45, 7) is 10.0. The van der Waals surface area contributed by atoms with Crippen molar-refractivity contribution >= 4 is 18.3 Å². The maximum Gasteiger partial charge on any atom is 0.237 e. The predicted octanol–water partition coefficient (Wildman–Crippen LogP) is 1.40. The Balaban J connectivity index is 0.00000289. The second-order valence-electron chi connectivity index (χ2n) is 6.04. The van der Waals surface area contributed by atoms with Crippen LogP contribution in [-0.4, -0.2) is 48.6 Å². The van der Waals surface area contributed by atoms with E-state index in [1.807, 2.05) is 34.7 Å². The summed E-state index contributed by atoms with van der Waals surface area (Å²) < 4.78 is 0. The summed E-state index contributed by atoms with van der Waals surface area (Å²) in [6.07, 6.45) is 2.37. The largest absolute Gasteiger partial charge is 0.350 e. The average Bonchev–Trinajstić information content (AvgIpc) is 2.26. The Bertz CT molecular complexity index is 265. The lowest BCUT2D eigenvalue weighted by Crippen LogP contribution is -2.55. The summed E-state index contributed by atoms with van der Waals surface area (Å²) in [7, 11) is 1.99. The molecule has 0 radical (unpaired) electrons. The summed E-state index contributed by atoms with van der Waals surface area (Å²) >= 11 is 0. The van der Waals surface area contributed by atoms with E-state index in [2.05, 4.69) is 15.5 Å². The van der Waals surface area contributed by atoms with Gasteiger partial charge in [0.2, 0.25) is 5.91 Å². The van der Waals surface area contributed by atoms with E-state index in [-0.39, 0.29) is 29.9 Å². The summed E-state index contributed by atoms with van der Waals surface area (Å²) in [4.78, 5) is 14.3. The molecule has 0 aliphatic carbocycles. The van der Waals surface area contributed by atoms with Crippen molar-refractivity contribution < 1.29 is 4.79 Å². The zero-order chi connectivity index (χ0) is 13.1. The van der Waals surface area contributed by atoms with Crippen LogP contribution in [0.15, 0.2) is 0 Å². The zero-order valence-corrected chi connectivity index (χ0v) is 13.1. The van der Waals surface area contributed by atoms with E-state index in [1.54, 1.807) is 0 Å². The van der Waals surface area contributed by atoms with Crippen LogP contribution in [0.1, 0.15) is 40.5 Å². The molecule has 2 N–H and O–H groups in total. The number of carbonyl (C=O) groups excluding carboxylic acids is 1. The van der Waals surface area contributed by atoms with E-state index in [1.165, 1.54) is 12.8 Å². The number of piperidine rings is 1. The Hall–Kier alpha value is -0.320. The molecular weight excluding hydrogens is 250 g/mol. The number of hydrogen-bond acceptors (Lipinski definition) is 3. The molecule has 0 aromatic heterocycles. The Morgan fingerprint density at radius 3 is 2.50 bits per heavy atom. The number of rotatable bonds is 3. The van der Waals surface area contributed by atoms with E-state index in [0.29, 0.717) is 6.04 Å². The smallest absolute Gasteiger partial charge is 0.237 e. The van der Waals surface area contributed by atoms with Crippen molar-refractivity contribution in [2.75, 3.05) is 20.1 Å². The molecule has 4 nitrogen and oxygen atoms in total. The van der Waals surface area contributed by atoms with Gasteiger partial charge < -0.3 is 10.6 Å². The highest BCUT2D eigenvalue weighted by atomic mass is 35.5. The first kappa shape index (κ1) is 17.7. The lowest BCUT2D eigenvalue weighted by atomic mass is 10.0. The predicted molar refractivity (Wildman–Crippen MR) is 78.3 cm³/mol. The van der Waals surface area contributed by atoms with Crippen LogP contribution in [0.25, 0.3) is 0 Å². The fourth-order valence-corrected chi connectivity index (χ4v) is 2.23. The number of amides is 1. The quantitative estimate of drug-likeness (QED) is 0.820. The molecule has 1 heterocycles. The highest BCUT2D eigenvalue weighted by molar-refractivity contribution is 5.85. The first-order valence-electron chi connectivity index (χ1n) is 6.57. The Morgan fingerprint density at radius 1 is 1.39 bits per heavy atom. The minimum absolute atomic E-state index is 0. The first-order chi connectivity index (χ1) is 7.83. The topological polar surface area (TPSA) is 44.4 Å². The highest BCUT2D eigenvalue weighted by Crippen LogP contribution is 2.13. The van der Waals surface area contributed by atoms with Crippen LogP contribution < -0.4 is 10.6 Å². The number of halogens is 1. The van der Waals surface area contributed by atoms with Crippen LogP contribution in [0.5, 0.6) is 0 Å². The molecule has 1 amide bonds. The van der Waals surface area contributed by atoms with E-state index >= 15 is 0 Å². The van der Waals surface area contributed by atoms with Gasteiger partial charge in [0.05, 0.1) is 6.04 Å². The van der Waals surface area contributed by atoms with Gasteiger partial charge in [0.25, 0.3) is 0 Å². The van der Waals surface area contributed by atoms with Gasteiger partial charge in [0, 0.05) is 18.1 Å². The van der Waals surface area contributed by atoms with Crippen LogP contribution in [0.4, 0.5) is 0 Å². The molecule has 1 rings (SSSR count). The third-order valence-corrected chi connectivity index (χ3v) is 3.29. The van der Waals surface area contributed by atoms with E-state index in [0.717, 1.165) is 13.1 Å². The molecule has 0 aromatic carbocycles. The summed E-state index contributed by atoms with van der Waals surface area (Å²) in [5, 5.41) is 6.35. The Kier molecular flexibility index (Phi) is 7.18. The van der Waals surface area contributed by atoms with Crippen LogP contribution in [0.2, 0.25) is 0 Å². The summed E-state index contributed by atoms with van der Waals surface area (Å²) in [5.41, 5.74) is -0.149. The SMILES string of the molecule is CNC1CCCN(C(C)C(=O)NC(C)(C)C)C1.Cl. The lowest BCUT2D eigenvalue weighted by molar-refractivity contribution is -0.127. The summed E-state index contributed by atoms with van der Waals surface area (Å²) in [5.74, 6) is 0.134. The standard InChI is InChI=1S/C13H27N3O.ClH/c1-10(12(17)15-13(2,3)4)16-8-6-7-11(9-16)14-5;/h10-11,14H,6-9H2,1-5H3,(H,15,17);1H. The second kappa shape index (κ2) is 7.31. The third kappa shape index (κ3) is 5.55. The van der Waals surface area contributed by atoms with Gasteiger partial charge in [-0.25, -0.2) is 0 Å². The maximum atomic E-state index is 12.1. The molecule has 0 saturated carbocycles. The number of nitrogens with one attached hydrogen (secondary N) is 2. The molecule has 1 aliphatic heterocycles. The molecule has 1 aliphatic rings. The zero-order valence-electron chi connectivity index (χ0n) is 12.2. The van der Waals surface area contributed by atoms with E-state index in [4.69, 9.17) is 0 Å². The van der Waals surface area contributed by atoms with Crippen molar-refractivity contribution in [1.82, 2.24) is 15.5 Å². The van der Waals surface area contributed by atoms with Gasteiger partial charge in [-0.05, 0) is 54.1 Å². The molecular formula is C13H28ClN3O. The van der Waals surface area contributed by atoms with Gasteiger partial charge in [0.15, 0.2) is 0 Å².